The maximum Gasteiger partial charge on any atom is 0.289 e. The molecule has 1 aliphatic carbocycles. The van der Waals surface area contributed by atoms with E-state index in [1.807, 2.05) is 4.57 Å². The number of hydrogen-bond acceptors (Lipinski definition) is 5. The molecule has 3 fully saturated rings. The van der Waals surface area contributed by atoms with Gasteiger partial charge in [-0.05, 0) is 38.0 Å². The van der Waals surface area contributed by atoms with Crippen molar-refractivity contribution in [1.29, 1.82) is 0 Å². The van der Waals surface area contributed by atoms with Gasteiger partial charge in [-0.2, -0.15) is 0 Å². The third-order valence-electron chi connectivity index (χ3n) is 6.24. The SMILES string of the molecule is O=C(N[C@@H]1C[C@H]2CO[C@@H](C3CC3)CN2C1)c1nnc2n1CCCCC2. The van der Waals surface area contributed by atoms with Crippen LogP contribution in [0.25, 0.3) is 0 Å². The lowest BCUT2D eigenvalue weighted by Crippen LogP contribution is -2.47. The van der Waals surface area contributed by atoms with E-state index in [0.29, 0.717) is 18.0 Å². The zero-order valence-electron chi connectivity index (χ0n) is 14.7. The van der Waals surface area contributed by atoms with Gasteiger partial charge in [0.25, 0.3) is 5.91 Å². The zero-order chi connectivity index (χ0) is 16.8. The number of morpholine rings is 1. The average Bonchev–Trinajstić information content (AvgIpc) is 3.33. The van der Waals surface area contributed by atoms with Crippen LogP contribution in [0.5, 0.6) is 0 Å². The monoisotopic (exact) mass is 345 g/mol. The molecule has 3 aliphatic heterocycles. The van der Waals surface area contributed by atoms with Gasteiger partial charge in [0.2, 0.25) is 5.82 Å². The molecular weight excluding hydrogens is 318 g/mol. The number of aromatic nitrogens is 3. The van der Waals surface area contributed by atoms with Crippen LogP contribution < -0.4 is 5.32 Å². The number of rotatable bonds is 3. The first-order valence-electron chi connectivity index (χ1n) is 9.86. The summed E-state index contributed by atoms with van der Waals surface area (Å²) in [4.78, 5) is 15.3. The van der Waals surface area contributed by atoms with Crippen molar-refractivity contribution in [3.63, 3.8) is 0 Å². The Morgan fingerprint density at radius 3 is 2.96 bits per heavy atom. The summed E-state index contributed by atoms with van der Waals surface area (Å²) in [5.74, 6) is 2.17. The van der Waals surface area contributed by atoms with Crippen molar-refractivity contribution in [3.8, 4) is 0 Å². The second-order valence-corrected chi connectivity index (χ2v) is 8.13. The smallest absolute Gasteiger partial charge is 0.289 e. The van der Waals surface area contributed by atoms with Gasteiger partial charge in [0.1, 0.15) is 5.82 Å². The van der Waals surface area contributed by atoms with Crippen molar-refractivity contribution in [2.45, 2.75) is 69.7 Å². The van der Waals surface area contributed by atoms with E-state index in [4.69, 9.17) is 4.74 Å². The van der Waals surface area contributed by atoms with Crippen LogP contribution in [0.15, 0.2) is 0 Å². The van der Waals surface area contributed by atoms with Gasteiger partial charge in [0, 0.05) is 38.1 Å². The largest absolute Gasteiger partial charge is 0.375 e. The summed E-state index contributed by atoms with van der Waals surface area (Å²) in [6.07, 6.45) is 8.40. The summed E-state index contributed by atoms with van der Waals surface area (Å²) in [6.45, 7) is 3.64. The van der Waals surface area contributed by atoms with Crippen molar-refractivity contribution in [2.75, 3.05) is 19.7 Å². The van der Waals surface area contributed by atoms with Crippen LogP contribution in [-0.2, 0) is 17.7 Å². The molecule has 0 bridgehead atoms. The fraction of sp³-hybridized carbons (Fsp3) is 0.833. The van der Waals surface area contributed by atoms with Crippen molar-refractivity contribution in [3.05, 3.63) is 11.6 Å². The van der Waals surface area contributed by atoms with Crippen LogP contribution in [0.4, 0.5) is 0 Å². The van der Waals surface area contributed by atoms with Gasteiger partial charge in [-0.25, -0.2) is 0 Å². The molecule has 0 spiro atoms. The standard InChI is InChI=1S/C18H27N5O2/c24-18(17-21-20-16-4-2-1-3-7-23(16)17)19-13-8-14-11-25-15(12-5-6-12)10-22(14)9-13/h12-15H,1-11H2,(H,19,24)/t13-,14+,15-/m1/s1. The minimum absolute atomic E-state index is 0.0647. The van der Waals surface area contributed by atoms with Crippen LogP contribution in [0.2, 0.25) is 0 Å². The Bertz CT molecular complexity index is 656. The van der Waals surface area contributed by atoms with Gasteiger partial charge in [0.15, 0.2) is 0 Å². The summed E-state index contributed by atoms with van der Waals surface area (Å²) in [7, 11) is 0. The van der Waals surface area contributed by atoms with Crippen molar-refractivity contribution in [2.24, 2.45) is 5.92 Å². The second kappa shape index (κ2) is 6.36. The molecular formula is C18H27N5O2. The van der Waals surface area contributed by atoms with Gasteiger partial charge in [-0.15, -0.1) is 10.2 Å². The van der Waals surface area contributed by atoms with E-state index in [2.05, 4.69) is 20.4 Å². The first-order chi connectivity index (χ1) is 12.3. The van der Waals surface area contributed by atoms with E-state index in [9.17, 15) is 4.79 Å². The van der Waals surface area contributed by atoms with Crippen LogP contribution in [0.1, 0.15) is 55.0 Å². The Kier molecular flexibility index (Phi) is 4.01. The predicted octanol–water partition coefficient (Wildman–Crippen LogP) is 0.986. The van der Waals surface area contributed by atoms with Crippen LogP contribution in [-0.4, -0.2) is 63.5 Å². The number of hydrogen-bond donors (Lipinski definition) is 1. The molecule has 1 saturated carbocycles. The highest BCUT2D eigenvalue weighted by molar-refractivity contribution is 5.91. The molecule has 1 aromatic rings. The van der Waals surface area contributed by atoms with Gasteiger partial charge in [-0.3, -0.25) is 9.69 Å². The molecule has 4 aliphatic rings. The number of amides is 1. The molecule has 1 N–H and O–H groups in total. The Balaban J connectivity index is 1.23. The molecule has 3 atom stereocenters. The number of ether oxygens (including phenoxy) is 1. The highest BCUT2D eigenvalue weighted by Gasteiger charge is 2.42. The van der Waals surface area contributed by atoms with Gasteiger partial charge in [-0.1, -0.05) is 6.42 Å². The quantitative estimate of drug-likeness (QED) is 0.884. The zero-order valence-corrected chi connectivity index (χ0v) is 14.7. The van der Waals surface area contributed by atoms with E-state index in [1.54, 1.807) is 0 Å². The molecule has 25 heavy (non-hydrogen) atoms. The van der Waals surface area contributed by atoms with Gasteiger partial charge in [0.05, 0.1) is 12.7 Å². The summed E-state index contributed by atoms with van der Waals surface area (Å²) in [5.41, 5.74) is 0. The lowest BCUT2D eigenvalue weighted by atomic mass is 10.1. The minimum atomic E-state index is -0.0647. The Morgan fingerprint density at radius 1 is 1.16 bits per heavy atom. The number of aryl methyl sites for hydroxylation is 1. The third-order valence-corrected chi connectivity index (χ3v) is 6.24. The number of carbonyl (C=O) groups is 1. The highest BCUT2D eigenvalue weighted by Crippen LogP contribution is 2.37. The molecule has 5 rings (SSSR count). The molecule has 4 heterocycles. The number of carbonyl (C=O) groups excluding carboxylic acids is 1. The van der Waals surface area contributed by atoms with Gasteiger partial charge < -0.3 is 14.6 Å². The normalized spacial score (nSPS) is 32.7. The lowest BCUT2D eigenvalue weighted by Gasteiger charge is -2.35. The molecule has 0 aromatic carbocycles. The Labute approximate surface area is 148 Å². The maximum atomic E-state index is 12.7. The predicted molar refractivity (Wildman–Crippen MR) is 91.3 cm³/mol. The molecule has 1 aromatic heterocycles. The summed E-state index contributed by atoms with van der Waals surface area (Å²) in [6, 6.07) is 0.647. The summed E-state index contributed by atoms with van der Waals surface area (Å²) in [5, 5.41) is 11.6. The van der Waals surface area contributed by atoms with Crippen molar-refractivity contribution < 1.29 is 9.53 Å². The van der Waals surface area contributed by atoms with E-state index < -0.39 is 0 Å². The molecule has 1 amide bonds. The van der Waals surface area contributed by atoms with Gasteiger partial charge >= 0.3 is 0 Å². The molecule has 7 nitrogen and oxygen atoms in total. The minimum Gasteiger partial charge on any atom is -0.375 e. The average molecular weight is 345 g/mol. The molecule has 0 radical (unpaired) electrons. The summed E-state index contributed by atoms with van der Waals surface area (Å²) < 4.78 is 8.07. The molecule has 7 heteroatoms. The third kappa shape index (κ3) is 3.08. The molecule has 136 valence electrons. The second-order valence-electron chi connectivity index (χ2n) is 8.13. The maximum absolute atomic E-state index is 12.7. The first kappa shape index (κ1) is 15.8. The van der Waals surface area contributed by atoms with Crippen LogP contribution >= 0.6 is 0 Å². The molecule has 2 saturated heterocycles. The summed E-state index contributed by atoms with van der Waals surface area (Å²) >= 11 is 0. The number of fused-ring (bicyclic) bond motifs is 2. The van der Waals surface area contributed by atoms with E-state index >= 15 is 0 Å². The van der Waals surface area contributed by atoms with Crippen LogP contribution in [0, 0.1) is 5.92 Å². The highest BCUT2D eigenvalue weighted by atomic mass is 16.5. The fourth-order valence-corrected chi connectivity index (χ4v) is 4.66. The Morgan fingerprint density at radius 2 is 2.08 bits per heavy atom. The number of nitrogens with one attached hydrogen (secondary N) is 1. The topological polar surface area (TPSA) is 72.3 Å². The molecule has 0 unspecified atom stereocenters. The van der Waals surface area contributed by atoms with Crippen molar-refractivity contribution in [1.82, 2.24) is 25.0 Å². The Hall–Kier alpha value is -1.47. The lowest BCUT2D eigenvalue weighted by molar-refractivity contribution is -0.0581. The van der Waals surface area contributed by atoms with E-state index in [1.165, 1.54) is 19.3 Å². The first-order valence-corrected chi connectivity index (χ1v) is 9.86. The fourth-order valence-electron chi connectivity index (χ4n) is 4.66. The van der Waals surface area contributed by atoms with Crippen LogP contribution in [0.3, 0.4) is 0 Å². The number of nitrogens with zero attached hydrogens (tertiary/aromatic N) is 4. The van der Waals surface area contributed by atoms with Crippen molar-refractivity contribution >= 4 is 5.91 Å². The van der Waals surface area contributed by atoms with E-state index in [0.717, 1.165) is 63.7 Å². The van der Waals surface area contributed by atoms with E-state index in [-0.39, 0.29) is 11.9 Å².